The molecular formula is C19H22Cl2N2O4. The number of amides is 2. The Labute approximate surface area is 167 Å². The van der Waals surface area contributed by atoms with Gasteiger partial charge in [0.05, 0.1) is 35.2 Å². The second kappa shape index (κ2) is 7.15. The summed E-state index contributed by atoms with van der Waals surface area (Å²) >= 11 is 12.4. The molecule has 2 heterocycles. The van der Waals surface area contributed by atoms with Gasteiger partial charge < -0.3 is 20.0 Å². The SMILES string of the molecule is O=C(C[C@H](O)C1CC1)N1CC(=O)N2C[C@@H](c3c(O)ccc(Cl)c3Cl)C[C@H]2C1. The van der Waals surface area contributed by atoms with E-state index < -0.39 is 6.10 Å². The van der Waals surface area contributed by atoms with Gasteiger partial charge in [-0.2, -0.15) is 0 Å². The molecule has 3 aliphatic rings. The standard InChI is InChI=1S/C19H22Cl2N2O4/c20-13-3-4-14(24)18(19(13)21)11-5-12-8-22(9-17(27)23(12)7-11)16(26)6-15(25)10-1-2-10/h3-4,10-12,15,24-25H,1-2,5-9H2/t11-,12-,15-/m0/s1. The smallest absolute Gasteiger partial charge is 0.242 e. The number of fused-ring (bicyclic) bond motifs is 1. The molecule has 0 radical (unpaired) electrons. The summed E-state index contributed by atoms with van der Waals surface area (Å²) in [6, 6.07) is 2.94. The van der Waals surface area contributed by atoms with Crippen molar-refractivity contribution in [2.45, 2.75) is 43.7 Å². The topological polar surface area (TPSA) is 81.1 Å². The normalized spacial score (nSPS) is 26.3. The van der Waals surface area contributed by atoms with Crippen molar-refractivity contribution in [2.75, 3.05) is 19.6 Å². The number of nitrogens with zero attached hydrogens (tertiary/aromatic N) is 2. The van der Waals surface area contributed by atoms with E-state index in [2.05, 4.69) is 0 Å². The van der Waals surface area contributed by atoms with Gasteiger partial charge in [0.15, 0.2) is 0 Å². The predicted molar refractivity (Wildman–Crippen MR) is 101 cm³/mol. The fourth-order valence-corrected chi connectivity index (χ4v) is 4.75. The number of carbonyl (C=O) groups excluding carboxylic acids is 2. The molecule has 146 valence electrons. The number of aromatic hydroxyl groups is 1. The van der Waals surface area contributed by atoms with Crippen molar-refractivity contribution in [3.8, 4) is 5.75 Å². The highest BCUT2D eigenvalue weighted by atomic mass is 35.5. The average molecular weight is 413 g/mol. The summed E-state index contributed by atoms with van der Waals surface area (Å²) in [5, 5.41) is 20.9. The summed E-state index contributed by atoms with van der Waals surface area (Å²) < 4.78 is 0. The van der Waals surface area contributed by atoms with Gasteiger partial charge in [-0.05, 0) is 37.3 Å². The Bertz CT molecular complexity index is 783. The molecule has 1 aromatic carbocycles. The first-order chi connectivity index (χ1) is 12.8. The van der Waals surface area contributed by atoms with Gasteiger partial charge in [0, 0.05) is 24.6 Å². The van der Waals surface area contributed by atoms with Gasteiger partial charge in [-0.15, -0.1) is 0 Å². The lowest BCUT2D eigenvalue weighted by Crippen LogP contribution is -2.55. The van der Waals surface area contributed by atoms with E-state index in [4.69, 9.17) is 23.2 Å². The average Bonchev–Trinajstić information content (AvgIpc) is 3.39. The maximum atomic E-state index is 12.6. The number of phenolic OH excluding ortho intramolecular Hbond substituents is 1. The van der Waals surface area contributed by atoms with Crippen LogP contribution in [-0.4, -0.2) is 63.6 Å². The van der Waals surface area contributed by atoms with E-state index in [0.717, 1.165) is 12.8 Å². The monoisotopic (exact) mass is 412 g/mol. The first-order valence-corrected chi connectivity index (χ1v) is 10.0. The highest BCUT2D eigenvalue weighted by Gasteiger charge is 2.43. The van der Waals surface area contributed by atoms with Crippen molar-refractivity contribution < 1.29 is 19.8 Å². The summed E-state index contributed by atoms with van der Waals surface area (Å²) in [6.45, 7) is 0.927. The van der Waals surface area contributed by atoms with Crippen LogP contribution < -0.4 is 0 Å². The zero-order valence-corrected chi connectivity index (χ0v) is 16.3. The number of piperazine rings is 1. The molecule has 8 heteroatoms. The number of hydrogen-bond acceptors (Lipinski definition) is 4. The van der Waals surface area contributed by atoms with Gasteiger partial charge in [0.1, 0.15) is 5.75 Å². The Morgan fingerprint density at radius 1 is 1.26 bits per heavy atom. The first kappa shape index (κ1) is 18.8. The zero-order chi connectivity index (χ0) is 19.3. The third kappa shape index (κ3) is 3.62. The molecule has 3 fully saturated rings. The van der Waals surface area contributed by atoms with Crippen LogP contribution in [0.3, 0.4) is 0 Å². The van der Waals surface area contributed by atoms with E-state index in [1.165, 1.54) is 6.07 Å². The Morgan fingerprint density at radius 2 is 2.00 bits per heavy atom. The van der Waals surface area contributed by atoms with Crippen LogP contribution >= 0.6 is 23.2 Å². The first-order valence-electron chi connectivity index (χ1n) is 9.27. The van der Waals surface area contributed by atoms with E-state index >= 15 is 0 Å². The van der Waals surface area contributed by atoms with Crippen LogP contribution in [0.1, 0.15) is 37.2 Å². The highest BCUT2D eigenvalue weighted by molar-refractivity contribution is 6.42. The molecule has 0 bridgehead atoms. The van der Waals surface area contributed by atoms with Crippen LogP contribution in [-0.2, 0) is 9.59 Å². The van der Waals surface area contributed by atoms with Crippen molar-refractivity contribution >= 4 is 35.0 Å². The van der Waals surface area contributed by atoms with Gasteiger partial charge in [0.2, 0.25) is 11.8 Å². The van der Waals surface area contributed by atoms with Crippen LogP contribution in [0.25, 0.3) is 0 Å². The number of phenols is 1. The van der Waals surface area contributed by atoms with Gasteiger partial charge >= 0.3 is 0 Å². The number of carbonyl (C=O) groups is 2. The van der Waals surface area contributed by atoms with Crippen molar-refractivity contribution in [3.05, 3.63) is 27.7 Å². The fraction of sp³-hybridized carbons (Fsp3) is 0.579. The molecule has 6 nitrogen and oxygen atoms in total. The number of hydrogen-bond donors (Lipinski definition) is 2. The molecule has 4 rings (SSSR count). The van der Waals surface area contributed by atoms with Crippen molar-refractivity contribution in [2.24, 2.45) is 5.92 Å². The molecule has 1 aromatic rings. The van der Waals surface area contributed by atoms with Crippen LogP contribution in [0.5, 0.6) is 5.75 Å². The molecule has 2 amide bonds. The Kier molecular flexibility index (Phi) is 4.99. The molecule has 2 N–H and O–H groups in total. The molecule has 27 heavy (non-hydrogen) atoms. The molecule has 1 saturated carbocycles. The van der Waals surface area contributed by atoms with E-state index in [-0.39, 0.29) is 48.4 Å². The fourth-order valence-electron chi connectivity index (χ4n) is 4.27. The summed E-state index contributed by atoms with van der Waals surface area (Å²) in [5.41, 5.74) is 0.563. The zero-order valence-electron chi connectivity index (χ0n) is 14.8. The Hall–Kier alpha value is -1.50. The number of halogens is 2. The van der Waals surface area contributed by atoms with Gasteiger partial charge in [0.25, 0.3) is 0 Å². The lowest BCUT2D eigenvalue weighted by molar-refractivity contribution is -0.148. The third-order valence-electron chi connectivity index (χ3n) is 5.91. The molecule has 2 aliphatic heterocycles. The molecule has 1 aliphatic carbocycles. The lowest BCUT2D eigenvalue weighted by atomic mass is 9.95. The maximum Gasteiger partial charge on any atom is 0.242 e. The van der Waals surface area contributed by atoms with E-state index in [0.29, 0.717) is 35.1 Å². The number of aliphatic hydroxyl groups is 1. The van der Waals surface area contributed by atoms with Crippen molar-refractivity contribution in [1.29, 1.82) is 0 Å². The number of rotatable bonds is 4. The van der Waals surface area contributed by atoms with Crippen molar-refractivity contribution in [3.63, 3.8) is 0 Å². The minimum absolute atomic E-state index is 0.0364. The number of aliphatic hydroxyl groups excluding tert-OH is 1. The quantitative estimate of drug-likeness (QED) is 0.795. The summed E-state index contributed by atoms with van der Waals surface area (Å²) in [4.78, 5) is 28.4. The second-order valence-electron chi connectivity index (χ2n) is 7.81. The molecule has 0 aromatic heterocycles. The van der Waals surface area contributed by atoms with Crippen LogP contribution in [0.2, 0.25) is 10.0 Å². The molecule has 2 saturated heterocycles. The van der Waals surface area contributed by atoms with Gasteiger partial charge in [-0.3, -0.25) is 9.59 Å². The van der Waals surface area contributed by atoms with Crippen LogP contribution in [0.15, 0.2) is 12.1 Å². The van der Waals surface area contributed by atoms with E-state index in [9.17, 15) is 19.8 Å². The molecule has 0 spiro atoms. The maximum absolute atomic E-state index is 12.6. The molecule has 3 atom stereocenters. The minimum atomic E-state index is -0.607. The minimum Gasteiger partial charge on any atom is -0.508 e. The lowest BCUT2D eigenvalue weighted by Gasteiger charge is -2.37. The Morgan fingerprint density at radius 3 is 2.70 bits per heavy atom. The summed E-state index contributed by atoms with van der Waals surface area (Å²) in [6.07, 6.45) is 2.01. The predicted octanol–water partition coefficient (Wildman–Crippen LogP) is 2.39. The van der Waals surface area contributed by atoms with E-state index in [1.807, 2.05) is 0 Å². The van der Waals surface area contributed by atoms with Crippen LogP contribution in [0, 0.1) is 5.92 Å². The largest absolute Gasteiger partial charge is 0.508 e. The van der Waals surface area contributed by atoms with Gasteiger partial charge in [-0.25, -0.2) is 0 Å². The number of benzene rings is 1. The van der Waals surface area contributed by atoms with Gasteiger partial charge in [-0.1, -0.05) is 23.2 Å². The molecular weight excluding hydrogens is 391 g/mol. The van der Waals surface area contributed by atoms with Crippen LogP contribution in [0.4, 0.5) is 0 Å². The van der Waals surface area contributed by atoms with Crippen molar-refractivity contribution in [1.82, 2.24) is 9.80 Å². The summed E-state index contributed by atoms with van der Waals surface area (Å²) in [5.74, 6) is -0.107. The van der Waals surface area contributed by atoms with E-state index in [1.54, 1.807) is 15.9 Å². The summed E-state index contributed by atoms with van der Waals surface area (Å²) in [7, 11) is 0. The molecule has 0 unspecified atom stereocenters. The second-order valence-corrected chi connectivity index (χ2v) is 8.60. The third-order valence-corrected chi connectivity index (χ3v) is 6.73. The highest BCUT2D eigenvalue weighted by Crippen LogP contribution is 2.43. The Balaban J connectivity index is 1.47.